The van der Waals surface area contributed by atoms with Crippen molar-refractivity contribution >= 4 is 11.7 Å². The molecule has 1 N–H and O–H groups in total. The Morgan fingerprint density at radius 2 is 2.14 bits per heavy atom. The van der Waals surface area contributed by atoms with Crippen LogP contribution in [0.3, 0.4) is 0 Å². The van der Waals surface area contributed by atoms with E-state index < -0.39 is 23.2 Å². The van der Waals surface area contributed by atoms with Crippen molar-refractivity contribution in [1.29, 1.82) is 0 Å². The van der Waals surface area contributed by atoms with Crippen molar-refractivity contribution in [3.63, 3.8) is 0 Å². The summed E-state index contributed by atoms with van der Waals surface area (Å²) in [6, 6.07) is 4.31. The van der Waals surface area contributed by atoms with Crippen LogP contribution in [-0.2, 0) is 22.9 Å². The molecule has 7 nitrogen and oxygen atoms in total. The molecule has 1 saturated heterocycles. The highest BCUT2D eigenvalue weighted by Crippen LogP contribution is 2.36. The molecule has 0 saturated carbocycles. The topological polar surface area (TPSA) is 80.5 Å². The van der Waals surface area contributed by atoms with Crippen molar-refractivity contribution in [2.45, 2.75) is 38.0 Å². The van der Waals surface area contributed by atoms with E-state index in [2.05, 4.69) is 15.5 Å². The van der Waals surface area contributed by atoms with Gasteiger partial charge in [-0.15, -0.1) is 0 Å². The Kier molecular flexibility index (Phi) is 5.59. The van der Waals surface area contributed by atoms with Crippen LogP contribution in [0.15, 0.2) is 28.8 Å². The minimum Gasteiger partial charge on any atom is -0.375 e. The summed E-state index contributed by atoms with van der Waals surface area (Å²) in [5, 5.41) is 6.37. The van der Waals surface area contributed by atoms with E-state index in [1.807, 2.05) is 6.92 Å². The number of hydrogen-bond acceptors (Lipinski definition) is 5. The Balaban J connectivity index is 1.74. The molecule has 2 aromatic rings. The van der Waals surface area contributed by atoms with Gasteiger partial charge in [-0.2, -0.15) is 18.2 Å². The number of alkyl halides is 3. The Morgan fingerprint density at radius 1 is 1.39 bits per heavy atom. The molecule has 0 aliphatic carbocycles. The number of halogens is 3. The van der Waals surface area contributed by atoms with Crippen molar-refractivity contribution in [2.24, 2.45) is 0 Å². The lowest BCUT2D eigenvalue weighted by molar-refractivity contribution is -0.136. The van der Waals surface area contributed by atoms with E-state index in [1.165, 1.54) is 30.2 Å². The number of urea groups is 1. The third-order valence-corrected chi connectivity index (χ3v) is 4.73. The second kappa shape index (κ2) is 7.78. The first-order valence-corrected chi connectivity index (χ1v) is 8.77. The molecule has 0 radical (unpaired) electrons. The number of anilines is 1. The van der Waals surface area contributed by atoms with Gasteiger partial charge < -0.3 is 19.5 Å². The summed E-state index contributed by atoms with van der Waals surface area (Å²) in [5.74, 6) is 0.784. The van der Waals surface area contributed by atoms with Gasteiger partial charge in [0, 0.05) is 25.6 Å². The number of para-hydroxylation sites is 1. The molecule has 3 rings (SSSR count). The zero-order chi connectivity index (χ0) is 20.4. The minimum absolute atomic E-state index is 0.182. The molecule has 28 heavy (non-hydrogen) atoms. The average molecular weight is 398 g/mol. The van der Waals surface area contributed by atoms with Gasteiger partial charge in [-0.1, -0.05) is 24.2 Å². The summed E-state index contributed by atoms with van der Waals surface area (Å²) in [6.07, 6.45) is -3.16. The van der Waals surface area contributed by atoms with Crippen LogP contribution in [0.4, 0.5) is 23.7 Å². The predicted molar refractivity (Wildman–Crippen MR) is 93.6 cm³/mol. The number of aromatic nitrogens is 2. The smallest absolute Gasteiger partial charge is 0.375 e. The fourth-order valence-corrected chi connectivity index (χ4v) is 3.31. The highest BCUT2D eigenvalue weighted by Gasteiger charge is 2.39. The van der Waals surface area contributed by atoms with Gasteiger partial charge in [-0.3, -0.25) is 0 Å². The minimum atomic E-state index is -4.55. The first-order chi connectivity index (χ1) is 13.2. The molecule has 1 unspecified atom stereocenters. The van der Waals surface area contributed by atoms with Crippen molar-refractivity contribution in [3.8, 4) is 0 Å². The molecule has 1 aliphatic heterocycles. The molecule has 10 heteroatoms. The number of benzene rings is 1. The normalized spacial score (nSPS) is 20.2. The van der Waals surface area contributed by atoms with Gasteiger partial charge in [-0.05, 0) is 25.0 Å². The zero-order valence-corrected chi connectivity index (χ0v) is 15.5. The number of carbonyl (C=O) groups excluding carboxylic acids is 1. The number of rotatable bonds is 4. The second-order valence-corrected chi connectivity index (χ2v) is 7.00. The van der Waals surface area contributed by atoms with Crippen molar-refractivity contribution in [2.75, 3.05) is 25.5 Å². The summed E-state index contributed by atoms with van der Waals surface area (Å²) < 4.78 is 49.5. The number of methoxy groups -OCH3 is 1. The van der Waals surface area contributed by atoms with Crippen molar-refractivity contribution in [3.05, 3.63) is 41.5 Å². The molecular formula is C18H21F3N4O3. The van der Waals surface area contributed by atoms with Crippen LogP contribution in [0, 0.1) is 0 Å². The third-order valence-electron chi connectivity index (χ3n) is 4.73. The number of amides is 2. The van der Waals surface area contributed by atoms with Gasteiger partial charge in [0.1, 0.15) is 6.61 Å². The molecule has 1 aromatic carbocycles. The molecule has 1 aliphatic rings. The molecule has 152 valence electrons. The Hall–Kier alpha value is -2.62. The summed E-state index contributed by atoms with van der Waals surface area (Å²) in [4.78, 5) is 18.4. The summed E-state index contributed by atoms with van der Waals surface area (Å²) in [7, 11) is 1.51. The average Bonchev–Trinajstić information content (AvgIpc) is 3.11. The molecule has 0 spiro atoms. The molecule has 2 heterocycles. The lowest BCUT2D eigenvalue weighted by Gasteiger charge is -2.38. The predicted octanol–water partition coefficient (Wildman–Crippen LogP) is 3.82. The highest BCUT2D eigenvalue weighted by molar-refractivity contribution is 5.90. The SMILES string of the molecule is COCc1nc(C2(C)CCCN(C(=O)Nc3ccccc3C(F)(F)F)C2)no1. The van der Waals surface area contributed by atoms with E-state index in [0.29, 0.717) is 24.7 Å². The first kappa shape index (κ1) is 20.1. The number of likely N-dealkylation sites (tertiary alicyclic amines) is 1. The molecule has 1 aromatic heterocycles. The summed E-state index contributed by atoms with van der Waals surface area (Å²) >= 11 is 0. The van der Waals surface area contributed by atoms with Gasteiger partial charge in [0.25, 0.3) is 5.89 Å². The maximum absolute atomic E-state index is 13.1. The lowest BCUT2D eigenvalue weighted by atomic mass is 9.81. The number of piperidine rings is 1. The van der Waals surface area contributed by atoms with Gasteiger partial charge in [0.2, 0.25) is 0 Å². The first-order valence-electron chi connectivity index (χ1n) is 8.77. The Bertz CT molecular complexity index is 839. The van der Waals surface area contributed by atoms with E-state index >= 15 is 0 Å². The molecule has 1 fully saturated rings. The Morgan fingerprint density at radius 3 is 2.86 bits per heavy atom. The van der Waals surface area contributed by atoms with Crippen LogP contribution in [0.1, 0.15) is 37.0 Å². The van der Waals surface area contributed by atoms with Crippen LogP contribution in [0.2, 0.25) is 0 Å². The van der Waals surface area contributed by atoms with Crippen LogP contribution < -0.4 is 5.32 Å². The van der Waals surface area contributed by atoms with Gasteiger partial charge in [-0.25, -0.2) is 4.79 Å². The maximum atomic E-state index is 13.1. The zero-order valence-electron chi connectivity index (χ0n) is 15.5. The highest BCUT2D eigenvalue weighted by atomic mass is 19.4. The number of carbonyl (C=O) groups is 1. The van der Waals surface area contributed by atoms with Gasteiger partial charge in [0.15, 0.2) is 5.82 Å². The van der Waals surface area contributed by atoms with Crippen molar-refractivity contribution < 1.29 is 27.2 Å². The van der Waals surface area contributed by atoms with Crippen LogP contribution in [-0.4, -0.2) is 41.3 Å². The fraction of sp³-hybridized carbons (Fsp3) is 0.500. The van der Waals surface area contributed by atoms with E-state index in [1.54, 1.807) is 0 Å². The number of hydrogen-bond donors (Lipinski definition) is 1. The fourth-order valence-electron chi connectivity index (χ4n) is 3.31. The van der Waals surface area contributed by atoms with Crippen LogP contribution >= 0.6 is 0 Å². The van der Waals surface area contributed by atoms with E-state index in [0.717, 1.165) is 12.5 Å². The summed E-state index contributed by atoms with van der Waals surface area (Å²) in [6.45, 7) is 2.77. The van der Waals surface area contributed by atoms with Crippen LogP contribution in [0.5, 0.6) is 0 Å². The second-order valence-electron chi connectivity index (χ2n) is 7.00. The standard InChI is InChI=1S/C18H21F3N4O3/c1-17(15-23-14(10-27-2)28-24-15)8-5-9-25(11-17)16(26)22-13-7-4-3-6-12(13)18(19,20)21/h3-4,6-7H,5,8-11H2,1-2H3,(H,22,26). The largest absolute Gasteiger partial charge is 0.418 e. The van der Waals surface area contributed by atoms with Crippen molar-refractivity contribution in [1.82, 2.24) is 15.0 Å². The van der Waals surface area contributed by atoms with E-state index in [9.17, 15) is 18.0 Å². The lowest BCUT2D eigenvalue weighted by Crippen LogP contribution is -2.49. The maximum Gasteiger partial charge on any atom is 0.418 e. The van der Waals surface area contributed by atoms with Gasteiger partial charge >= 0.3 is 12.2 Å². The van der Waals surface area contributed by atoms with Crippen LogP contribution in [0.25, 0.3) is 0 Å². The monoisotopic (exact) mass is 398 g/mol. The molecule has 1 atom stereocenters. The Labute approximate surface area is 159 Å². The van der Waals surface area contributed by atoms with E-state index in [-0.39, 0.29) is 18.8 Å². The number of nitrogens with one attached hydrogen (secondary N) is 1. The molecular weight excluding hydrogens is 377 g/mol. The van der Waals surface area contributed by atoms with Gasteiger partial charge in [0.05, 0.1) is 11.3 Å². The molecule has 0 bridgehead atoms. The number of ether oxygens (including phenoxy) is 1. The quantitative estimate of drug-likeness (QED) is 0.847. The third kappa shape index (κ3) is 4.27. The number of nitrogens with zero attached hydrogens (tertiary/aromatic N) is 3. The molecule has 2 amide bonds. The van der Waals surface area contributed by atoms with E-state index in [4.69, 9.17) is 9.26 Å². The summed E-state index contributed by atoms with van der Waals surface area (Å²) in [5.41, 5.74) is -1.71.